The Bertz CT molecular complexity index is 812. The summed E-state index contributed by atoms with van der Waals surface area (Å²) in [5.41, 5.74) is 0.534. The number of hydrogen-bond donors (Lipinski definition) is 0. The van der Waals surface area contributed by atoms with Crippen molar-refractivity contribution < 1.29 is 13.9 Å². The van der Waals surface area contributed by atoms with Crippen LogP contribution in [0.25, 0.3) is 0 Å². The number of piperazine rings is 1. The lowest BCUT2D eigenvalue weighted by Crippen LogP contribution is -2.50. The second-order valence-electron chi connectivity index (χ2n) is 7.24. The fourth-order valence-corrected chi connectivity index (χ4v) is 3.49. The Morgan fingerprint density at radius 3 is 2.45 bits per heavy atom. The van der Waals surface area contributed by atoms with Gasteiger partial charge in [-0.05, 0) is 18.2 Å². The zero-order valence-corrected chi connectivity index (χ0v) is 17.4. The summed E-state index contributed by atoms with van der Waals surface area (Å²) in [4.78, 5) is 18.5. The number of benzene rings is 2. The number of nitrogens with zero attached hydrogens (tertiary/aromatic N) is 3. The third kappa shape index (κ3) is 6.42. The summed E-state index contributed by atoms with van der Waals surface area (Å²) in [6.07, 6.45) is 0. The highest BCUT2D eigenvalue weighted by Crippen LogP contribution is 2.22. The van der Waals surface area contributed by atoms with Crippen LogP contribution < -0.4 is 4.74 Å². The molecule has 1 amide bonds. The van der Waals surface area contributed by atoms with Crippen LogP contribution in [0.1, 0.15) is 5.56 Å². The fraction of sp³-hybridized carbons (Fsp3) is 0.409. The third-order valence-electron chi connectivity index (χ3n) is 5.12. The van der Waals surface area contributed by atoms with Crippen LogP contribution in [0.15, 0.2) is 48.5 Å². The van der Waals surface area contributed by atoms with E-state index in [0.717, 1.165) is 32.7 Å². The molecule has 1 aliphatic rings. The monoisotopic (exact) mass is 419 g/mol. The van der Waals surface area contributed by atoms with Gasteiger partial charge in [0, 0.05) is 51.9 Å². The van der Waals surface area contributed by atoms with Crippen molar-refractivity contribution in [3.8, 4) is 5.75 Å². The highest BCUT2D eigenvalue weighted by Gasteiger charge is 2.21. The van der Waals surface area contributed by atoms with Gasteiger partial charge in [-0.1, -0.05) is 41.9 Å². The SMILES string of the molecule is CN(Cc1ccccc1F)C(=O)CN1CCN(CCOc2ccccc2Cl)CC1. The normalized spacial score (nSPS) is 15.3. The van der Waals surface area contributed by atoms with Crippen molar-refractivity contribution in [2.24, 2.45) is 0 Å². The summed E-state index contributed by atoms with van der Waals surface area (Å²) < 4.78 is 19.5. The Hall–Kier alpha value is -2.15. The minimum Gasteiger partial charge on any atom is -0.491 e. The summed E-state index contributed by atoms with van der Waals surface area (Å²) >= 11 is 6.10. The number of rotatable bonds is 8. The minimum absolute atomic E-state index is 0.00348. The van der Waals surface area contributed by atoms with Crippen LogP contribution in [0, 0.1) is 5.82 Å². The largest absolute Gasteiger partial charge is 0.491 e. The molecule has 1 aliphatic heterocycles. The molecule has 0 saturated carbocycles. The molecule has 5 nitrogen and oxygen atoms in total. The molecule has 2 aromatic rings. The van der Waals surface area contributed by atoms with E-state index in [-0.39, 0.29) is 18.3 Å². The number of carbonyl (C=O) groups excluding carboxylic acids is 1. The Morgan fingerprint density at radius 2 is 1.72 bits per heavy atom. The summed E-state index contributed by atoms with van der Waals surface area (Å²) in [6, 6.07) is 14.0. The molecule has 0 unspecified atom stereocenters. The van der Waals surface area contributed by atoms with Gasteiger partial charge in [-0.25, -0.2) is 4.39 Å². The predicted octanol–water partition coefficient (Wildman–Crippen LogP) is 3.13. The molecule has 29 heavy (non-hydrogen) atoms. The first kappa shape index (κ1) is 21.6. The van der Waals surface area contributed by atoms with Crippen molar-refractivity contribution in [2.45, 2.75) is 6.54 Å². The summed E-state index contributed by atoms with van der Waals surface area (Å²) in [6.45, 7) is 5.46. The number of ether oxygens (including phenoxy) is 1. The fourth-order valence-electron chi connectivity index (χ4n) is 3.30. The molecule has 0 aromatic heterocycles. The first-order valence-corrected chi connectivity index (χ1v) is 10.2. The molecular weight excluding hydrogens is 393 g/mol. The predicted molar refractivity (Wildman–Crippen MR) is 113 cm³/mol. The molecule has 0 atom stereocenters. The van der Waals surface area contributed by atoms with E-state index in [2.05, 4.69) is 9.80 Å². The van der Waals surface area contributed by atoms with Gasteiger partial charge in [0.05, 0.1) is 11.6 Å². The Morgan fingerprint density at radius 1 is 1.07 bits per heavy atom. The van der Waals surface area contributed by atoms with Crippen molar-refractivity contribution in [1.82, 2.24) is 14.7 Å². The van der Waals surface area contributed by atoms with Crippen molar-refractivity contribution in [3.05, 3.63) is 64.9 Å². The van der Waals surface area contributed by atoms with Crippen molar-refractivity contribution in [3.63, 3.8) is 0 Å². The smallest absolute Gasteiger partial charge is 0.236 e. The highest BCUT2D eigenvalue weighted by atomic mass is 35.5. The average Bonchev–Trinajstić information content (AvgIpc) is 2.72. The maximum Gasteiger partial charge on any atom is 0.236 e. The number of para-hydroxylation sites is 1. The molecule has 0 radical (unpaired) electrons. The quantitative estimate of drug-likeness (QED) is 0.658. The summed E-state index contributed by atoms with van der Waals surface area (Å²) in [5.74, 6) is 0.430. The molecule has 0 aliphatic carbocycles. The maximum absolute atomic E-state index is 13.8. The van der Waals surface area contributed by atoms with E-state index in [1.165, 1.54) is 6.07 Å². The number of halogens is 2. The zero-order chi connectivity index (χ0) is 20.6. The molecule has 1 saturated heterocycles. The molecular formula is C22H27ClFN3O2. The molecule has 1 heterocycles. The lowest BCUT2D eigenvalue weighted by atomic mass is 10.2. The van der Waals surface area contributed by atoms with Crippen molar-refractivity contribution >= 4 is 17.5 Å². The third-order valence-corrected chi connectivity index (χ3v) is 5.43. The molecule has 156 valence electrons. The second-order valence-corrected chi connectivity index (χ2v) is 7.65. The van der Waals surface area contributed by atoms with Gasteiger partial charge in [-0.15, -0.1) is 0 Å². The van der Waals surface area contributed by atoms with E-state index >= 15 is 0 Å². The van der Waals surface area contributed by atoms with E-state index in [9.17, 15) is 9.18 Å². The number of hydrogen-bond acceptors (Lipinski definition) is 4. The zero-order valence-electron chi connectivity index (χ0n) is 16.7. The van der Waals surface area contributed by atoms with Crippen LogP contribution >= 0.6 is 11.6 Å². The van der Waals surface area contributed by atoms with Gasteiger partial charge >= 0.3 is 0 Å². The van der Waals surface area contributed by atoms with Crippen LogP contribution in [0.2, 0.25) is 5.02 Å². The van der Waals surface area contributed by atoms with Crippen molar-refractivity contribution in [2.75, 3.05) is 52.9 Å². The molecule has 3 rings (SSSR count). The van der Waals surface area contributed by atoms with Crippen LogP contribution in [0.4, 0.5) is 4.39 Å². The van der Waals surface area contributed by atoms with Gasteiger partial charge in [-0.2, -0.15) is 0 Å². The average molecular weight is 420 g/mol. The van der Waals surface area contributed by atoms with Gasteiger partial charge in [0.15, 0.2) is 0 Å². The van der Waals surface area contributed by atoms with Gasteiger partial charge in [0.25, 0.3) is 0 Å². The number of amides is 1. The summed E-state index contributed by atoms with van der Waals surface area (Å²) in [5, 5.41) is 0.621. The van der Waals surface area contributed by atoms with Gasteiger partial charge in [0.1, 0.15) is 18.2 Å². The first-order valence-electron chi connectivity index (χ1n) is 9.82. The Kier molecular flexibility index (Phi) is 7.86. The minimum atomic E-state index is -0.278. The van der Waals surface area contributed by atoms with Crippen molar-refractivity contribution in [1.29, 1.82) is 0 Å². The van der Waals surface area contributed by atoms with Gasteiger partial charge < -0.3 is 9.64 Å². The van der Waals surface area contributed by atoms with E-state index in [1.807, 2.05) is 24.3 Å². The standard InChI is InChI=1S/C22H27ClFN3O2/c1-25(16-18-6-2-4-8-20(18)24)22(28)17-27-12-10-26(11-13-27)14-15-29-21-9-5-3-7-19(21)23/h2-9H,10-17H2,1H3. The molecule has 2 aromatic carbocycles. The molecule has 0 N–H and O–H groups in total. The number of carbonyl (C=O) groups is 1. The van der Waals surface area contributed by atoms with E-state index in [1.54, 1.807) is 30.1 Å². The molecule has 7 heteroatoms. The maximum atomic E-state index is 13.8. The highest BCUT2D eigenvalue weighted by molar-refractivity contribution is 6.32. The van der Waals surface area contributed by atoms with Gasteiger partial charge in [-0.3, -0.25) is 14.6 Å². The Balaban J connectivity index is 1.36. The van der Waals surface area contributed by atoms with Crippen LogP contribution in [0.3, 0.4) is 0 Å². The van der Waals surface area contributed by atoms with E-state index < -0.39 is 0 Å². The lowest BCUT2D eigenvalue weighted by Gasteiger charge is -2.34. The van der Waals surface area contributed by atoms with Gasteiger partial charge in [0.2, 0.25) is 5.91 Å². The van der Waals surface area contributed by atoms with Crippen LogP contribution in [-0.4, -0.2) is 73.5 Å². The molecule has 0 spiro atoms. The van der Waals surface area contributed by atoms with E-state index in [0.29, 0.717) is 29.5 Å². The Labute approximate surface area is 176 Å². The topological polar surface area (TPSA) is 36.0 Å². The number of likely N-dealkylation sites (N-methyl/N-ethyl adjacent to an activating group) is 1. The van der Waals surface area contributed by atoms with Crippen LogP contribution in [-0.2, 0) is 11.3 Å². The molecule has 1 fully saturated rings. The summed E-state index contributed by atoms with van der Waals surface area (Å²) in [7, 11) is 1.72. The second kappa shape index (κ2) is 10.6. The first-order chi connectivity index (χ1) is 14.0. The molecule has 0 bridgehead atoms. The van der Waals surface area contributed by atoms with Crippen LogP contribution in [0.5, 0.6) is 5.75 Å². The van der Waals surface area contributed by atoms with E-state index in [4.69, 9.17) is 16.3 Å². The lowest BCUT2D eigenvalue weighted by molar-refractivity contribution is -0.132.